The number of sulfonamides is 1. The van der Waals surface area contributed by atoms with E-state index in [-0.39, 0.29) is 27.1 Å². The molecule has 1 atom stereocenters. The molecule has 0 aliphatic carbocycles. The third-order valence-electron chi connectivity index (χ3n) is 5.34. The molecule has 1 aliphatic rings. The first kappa shape index (κ1) is 23.3. The van der Waals surface area contributed by atoms with Crippen molar-refractivity contribution >= 4 is 50.7 Å². The van der Waals surface area contributed by atoms with Crippen molar-refractivity contribution in [2.24, 2.45) is 0 Å². The van der Waals surface area contributed by atoms with E-state index in [1.807, 2.05) is 19.1 Å². The van der Waals surface area contributed by atoms with Gasteiger partial charge in [0.05, 0.1) is 21.2 Å². The van der Waals surface area contributed by atoms with Gasteiger partial charge in [0.1, 0.15) is 0 Å². The Labute approximate surface area is 201 Å². The lowest BCUT2D eigenvalue weighted by atomic mass is 10.1. The van der Waals surface area contributed by atoms with Crippen LogP contribution in [0, 0.1) is 0 Å². The number of ether oxygens (including phenoxy) is 1. The minimum absolute atomic E-state index is 0.0196. The van der Waals surface area contributed by atoms with Crippen molar-refractivity contribution in [3.63, 3.8) is 0 Å². The van der Waals surface area contributed by atoms with E-state index in [1.54, 1.807) is 12.1 Å². The number of para-hydroxylation sites is 1. The number of carbonyl (C=O) groups excluding carboxylic acids is 2. The Morgan fingerprint density at radius 3 is 2.55 bits per heavy atom. The highest BCUT2D eigenvalue weighted by Crippen LogP contribution is 2.36. The van der Waals surface area contributed by atoms with E-state index >= 15 is 0 Å². The average Bonchev–Trinajstić information content (AvgIpc) is 3.13. The average molecular weight is 504 g/mol. The minimum Gasteiger partial charge on any atom is -0.454 e. The number of ketones is 1. The predicted molar refractivity (Wildman–Crippen MR) is 127 cm³/mol. The van der Waals surface area contributed by atoms with Crippen molar-refractivity contribution in [2.45, 2.75) is 24.3 Å². The van der Waals surface area contributed by atoms with Crippen LogP contribution in [0.4, 0.5) is 5.69 Å². The maximum absolute atomic E-state index is 13.4. The van der Waals surface area contributed by atoms with Gasteiger partial charge in [0, 0.05) is 16.6 Å². The van der Waals surface area contributed by atoms with Gasteiger partial charge in [0.15, 0.2) is 6.61 Å². The zero-order chi connectivity index (χ0) is 23.8. The van der Waals surface area contributed by atoms with Gasteiger partial charge in [0.2, 0.25) is 5.78 Å². The summed E-state index contributed by atoms with van der Waals surface area (Å²) in [6, 6.07) is 17.0. The van der Waals surface area contributed by atoms with E-state index in [1.165, 1.54) is 46.8 Å². The molecule has 1 unspecified atom stereocenters. The topological polar surface area (TPSA) is 80.8 Å². The maximum atomic E-state index is 13.4. The molecule has 0 bridgehead atoms. The SMILES string of the molecule is CC1Cc2ccccc2N1S(=O)(=O)c1cccc(C(=O)OCC(=O)c2ccc(Cl)cc2Cl)c1. The van der Waals surface area contributed by atoms with Crippen LogP contribution in [0.3, 0.4) is 0 Å². The van der Waals surface area contributed by atoms with Crippen molar-refractivity contribution in [3.8, 4) is 0 Å². The van der Waals surface area contributed by atoms with Gasteiger partial charge >= 0.3 is 5.97 Å². The van der Waals surface area contributed by atoms with Gasteiger partial charge < -0.3 is 4.74 Å². The first-order valence-electron chi connectivity index (χ1n) is 10.1. The van der Waals surface area contributed by atoms with Crippen LogP contribution >= 0.6 is 23.2 Å². The molecule has 6 nitrogen and oxygen atoms in total. The quantitative estimate of drug-likeness (QED) is 0.342. The molecule has 0 saturated heterocycles. The number of anilines is 1. The Morgan fingerprint density at radius 2 is 1.79 bits per heavy atom. The van der Waals surface area contributed by atoms with Crippen LogP contribution in [-0.2, 0) is 21.2 Å². The molecule has 0 saturated carbocycles. The summed E-state index contributed by atoms with van der Waals surface area (Å²) in [4.78, 5) is 24.9. The first-order valence-corrected chi connectivity index (χ1v) is 12.3. The molecule has 3 aromatic carbocycles. The van der Waals surface area contributed by atoms with Crippen LogP contribution in [0.25, 0.3) is 0 Å². The number of benzene rings is 3. The van der Waals surface area contributed by atoms with Crippen LogP contribution in [0.1, 0.15) is 33.2 Å². The van der Waals surface area contributed by atoms with E-state index in [2.05, 4.69) is 0 Å². The molecule has 0 amide bonds. The molecule has 0 radical (unpaired) electrons. The first-order chi connectivity index (χ1) is 15.7. The van der Waals surface area contributed by atoms with E-state index in [0.29, 0.717) is 17.1 Å². The maximum Gasteiger partial charge on any atom is 0.338 e. The fourth-order valence-electron chi connectivity index (χ4n) is 3.81. The fourth-order valence-corrected chi connectivity index (χ4v) is 6.06. The van der Waals surface area contributed by atoms with Crippen LogP contribution in [0.5, 0.6) is 0 Å². The molecule has 0 fully saturated rings. The van der Waals surface area contributed by atoms with Gasteiger partial charge in [-0.3, -0.25) is 9.10 Å². The molecular weight excluding hydrogens is 485 g/mol. The van der Waals surface area contributed by atoms with Gasteiger partial charge in [-0.05, 0) is 61.4 Å². The number of nitrogens with zero attached hydrogens (tertiary/aromatic N) is 1. The Bertz CT molecular complexity index is 1360. The van der Waals surface area contributed by atoms with Crippen LogP contribution < -0.4 is 4.31 Å². The monoisotopic (exact) mass is 503 g/mol. The molecular formula is C24H19Cl2NO5S. The molecule has 0 N–H and O–H groups in total. The largest absolute Gasteiger partial charge is 0.454 e. The van der Waals surface area contributed by atoms with E-state index in [4.69, 9.17) is 27.9 Å². The van der Waals surface area contributed by atoms with Gasteiger partial charge in [-0.25, -0.2) is 13.2 Å². The van der Waals surface area contributed by atoms with Crippen LogP contribution in [0.15, 0.2) is 71.6 Å². The van der Waals surface area contributed by atoms with Crippen molar-refractivity contribution in [1.29, 1.82) is 0 Å². The fraction of sp³-hybridized carbons (Fsp3) is 0.167. The molecule has 1 heterocycles. The highest BCUT2D eigenvalue weighted by molar-refractivity contribution is 7.92. The smallest absolute Gasteiger partial charge is 0.338 e. The summed E-state index contributed by atoms with van der Waals surface area (Å²) >= 11 is 11.9. The van der Waals surface area contributed by atoms with E-state index < -0.39 is 28.4 Å². The molecule has 3 aromatic rings. The molecule has 33 heavy (non-hydrogen) atoms. The number of hydrogen-bond donors (Lipinski definition) is 0. The van der Waals surface area contributed by atoms with Gasteiger partial charge in [0.25, 0.3) is 10.0 Å². The lowest BCUT2D eigenvalue weighted by molar-refractivity contribution is 0.0474. The Morgan fingerprint density at radius 1 is 1.03 bits per heavy atom. The second-order valence-corrected chi connectivity index (χ2v) is 10.3. The normalized spacial score (nSPS) is 15.2. The van der Waals surface area contributed by atoms with Crippen molar-refractivity contribution in [3.05, 3.63) is 93.5 Å². The summed E-state index contributed by atoms with van der Waals surface area (Å²) in [6.45, 7) is 1.29. The highest BCUT2D eigenvalue weighted by Gasteiger charge is 2.36. The van der Waals surface area contributed by atoms with Crippen molar-refractivity contribution < 1.29 is 22.7 Å². The summed E-state index contributed by atoms with van der Waals surface area (Å²) in [5, 5.41) is 0.526. The van der Waals surface area contributed by atoms with E-state index in [0.717, 1.165) is 5.56 Å². The van der Waals surface area contributed by atoms with E-state index in [9.17, 15) is 18.0 Å². The van der Waals surface area contributed by atoms with Crippen LogP contribution in [-0.4, -0.2) is 32.8 Å². The van der Waals surface area contributed by atoms with Crippen LogP contribution in [0.2, 0.25) is 10.0 Å². The summed E-state index contributed by atoms with van der Waals surface area (Å²) in [6.07, 6.45) is 0.604. The Hall–Kier alpha value is -2.87. The minimum atomic E-state index is -3.91. The standard InChI is InChI=1S/C24H19Cl2NO5S/c1-15-11-16-5-2-3-8-22(16)27(15)33(30,31)19-7-4-6-17(12-19)24(29)32-14-23(28)20-10-9-18(25)13-21(20)26/h2-10,12-13,15H,11,14H2,1H3. The summed E-state index contributed by atoms with van der Waals surface area (Å²) in [5.74, 6) is -1.32. The molecule has 0 spiro atoms. The summed E-state index contributed by atoms with van der Waals surface area (Å²) < 4.78 is 33.3. The summed E-state index contributed by atoms with van der Waals surface area (Å²) in [5.41, 5.74) is 1.77. The summed E-state index contributed by atoms with van der Waals surface area (Å²) in [7, 11) is -3.91. The number of halogens is 2. The number of rotatable bonds is 6. The molecule has 1 aliphatic heterocycles. The number of carbonyl (C=O) groups is 2. The zero-order valence-electron chi connectivity index (χ0n) is 17.5. The number of fused-ring (bicyclic) bond motifs is 1. The zero-order valence-corrected chi connectivity index (χ0v) is 19.8. The van der Waals surface area contributed by atoms with Gasteiger partial charge in [-0.1, -0.05) is 47.5 Å². The molecule has 0 aromatic heterocycles. The molecule has 9 heteroatoms. The number of esters is 1. The predicted octanol–water partition coefficient (Wildman–Crippen LogP) is 5.17. The third kappa shape index (κ3) is 4.62. The number of hydrogen-bond acceptors (Lipinski definition) is 5. The molecule has 170 valence electrons. The lowest BCUT2D eigenvalue weighted by Crippen LogP contribution is -2.35. The van der Waals surface area contributed by atoms with Crippen molar-refractivity contribution in [2.75, 3.05) is 10.9 Å². The Kier molecular flexibility index (Phi) is 6.47. The third-order valence-corrected chi connectivity index (χ3v) is 7.81. The van der Waals surface area contributed by atoms with Gasteiger partial charge in [-0.15, -0.1) is 0 Å². The highest BCUT2D eigenvalue weighted by atomic mass is 35.5. The second kappa shape index (κ2) is 9.17. The van der Waals surface area contributed by atoms with Crippen molar-refractivity contribution in [1.82, 2.24) is 0 Å². The van der Waals surface area contributed by atoms with Gasteiger partial charge in [-0.2, -0.15) is 0 Å². The number of Topliss-reactive ketones (excluding diaryl/α,β-unsaturated/α-hetero) is 1. The molecule has 4 rings (SSSR count). The second-order valence-electron chi connectivity index (χ2n) is 7.63. The Balaban J connectivity index is 1.53. The lowest BCUT2D eigenvalue weighted by Gasteiger charge is -2.24.